The van der Waals surface area contributed by atoms with E-state index >= 15 is 0 Å². The molecular weight excluding hydrogens is 492 g/mol. The Morgan fingerprint density at radius 1 is 0.487 bits per heavy atom. The molecular formula is C36H24N2S. The molecule has 3 aromatic heterocycles. The van der Waals surface area contributed by atoms with Gasteiger partial charge in [-0.15, -0.1) is 11.3 Å². The van der Waals surface area contributed by atoms with Crippen molar-refractivity contribution in [3.05, 3.63) is 121 Å². The van der Waals surface area contributed by atoms with E-state index in [1.165, 1.54) is 75.2 Å². The second kappa shape index (κ2) is 7.95. The van der Waals surface area contributed by atoms with Crippen LogP contribution in [0.3, 0.4) is 0 Å². The average molecular weight is 517 g/mol. The predicted octanol–water partition coefficient (Wildman–Crippen LogP) is 10.5. The summed E-state index contributed by atoms with van der Waals surface area (Å²) in [6.45, 7) is 0. The Bertz CT molecular complexity index is 2320. The number of thiophene rings is 1. The number of hydrogen-bond acceptors (Lipinski definition) is 1. The zero-order valence-electron chi connectivity index (χ0n) is 21.3. The first-order valence-corrected chi connectivity index (χ1v) is 14.4. The molecule has 1 aliphatic rings. The number of nitrogens with zero attached hydrogens (tertiary/aromatic N) is 2. The summed E-state index contributed by atoms with van der Waals surface area (Å²) in [4.78, 5) is 0. The van der Waals surface area contributed by atoms with Crippen molar-refractivity contribution in [1.82, 2.24) is 9.13 Å². The highest BCUT2D eigenvalue weighted by Crippen LogP contribution is 2.47. The summed E-state index contributed by atoms with van der Waals surface area (Å²) in [6, 6.07) is 37.8. The van der Waals surface area contributed by atoms with Crippen LogP contribution in [0.4, 0.5) is 0 Å². The van der Waals surface area contributed by atoms with Crippen LogP contribution in [0.25, 0.3) is 75.2 Å². The molecule has 0 atom stereocenters. The molecule has 0 bridgehead atoms. The third-order valence-electron chi connectivity index (χ3n) is 8.32. The molecule has 3 heterocycles. The number of allylic oxidation sites excluding steroid dienone is 4. The summed E-state index contributed by atoms with van der Waals surface area (Å²) >= 11 is 1.95. The van der Waals surface area contributed by atoms with Gasteiger partial charge in [0.05, 0.1) is 22.1 Å². The normalized spacial score (nSPS) is 14.0. The highest BCUT2D eigenvalue weighted by molar-refractivity contribution is 7.27. The molecule has 0 radical (unpaired) electrons. The minimum atomic E-state index is 1.09. The van der Waals surface area contributed by atoms with Crippen LogP contribution in [-0.2, 0) is 0 Å². The topological polar surface area (TPSA) is 9.86 Å². The molecule has 0 N–H and O–H groups in total. The Morgan fingerprint density at radius 2 is 1.08 bits per heavy atom. The van der Waals surface area contributed by atoms with Gasteiger partial charge in [-0.25, -0.2) is 0 Å². The van der Waals surface area contributed by atoms with Gasteiger partial charge < -0.3 is 9.13 Å². The fourth-order valence-electron chi connectivity index (χ4n) is 6.69. The molecule has 1 aliphatic carbocycles. The van der Waals surface area contributed by atoms with Gasteiger partial charge in [-0.05, 0) is 55.3 Å². The fraction of sp³-hybridized carbons (Fsp3) is 0.0556. The van der Waals surface area contributed by atoms with Crippen LogP contribution in [0.15, 0.2) is 121 Å². The minimum absolute atomic E-state index is 1.09. The highest BCUT2D eigenvalue weighted by Gasteiger charge is 2.21. The second-order valence-corrected chi connectivity index (χ2v) is 11.4. The Hall–Kier alpha value is -4.60. The van der Waals surface area contributed by atoms with Crippen molar-refractivity contribution >= 4 is 80.8 Å². The van der Waals surface area contributed by atoms with Crippen LogP contribution < -0.4 is 0 Å². The second-order valence-electron chi connectivity index (χ2n) is 10.4. The Kier molecular flexibility index (Phi) is 4.35. The fourth-order valence-corrected chi connectivity index (χ4v) is 8.11. The lowest BCUT2D eigenvalue weighted by Crippen LogP contribution is -1.96. The van der Waals surface area contributed by atoms with Gasteiger partial charge in [0.2, 0.25) is 0 Å². The van der Waals surface area contributed by atoms with Crippen molar-refractivity contribution in [3.63, 3.8) is 0 Å². The summed E-state index contributed by atoms with van der Waals surface area (Å²) in [7, 11) is 0. The van der Waals surface area contributed by atoms with Crippen molar-refractivity contribution < 1.29 is 0 Å². The SMILES string of the molecule is C1=CC(n2c3ccccc3c3c4sc5c(ccc6c5c5ccccc5n6-c5ccccc5)c4ccc32)=CCC1. The van der Waals surface area contributed by atoms with E-state index in [1.54, 1.807) is 0 Å². The maximum atomic E-state index is 2.46. The summed E-state index contributed by atoms with van der Waals surface area (Å²) in [5.74, 6) is 0. The third-order valence-corrected chi connectivity index (χ3v) is 9.58. The molecule has 39 heavy (non-hydrogen) atoms. The summed E-state index contributed by atoms with van der Waals surface area (Å²) in [6.07, 6.45) is 9.17. The van der Waals surface area contributed by atoms with Gasteiger partial charge in [0.1, 0.15) is 0 Å². The van der Waals surface area contributed by atoms with E-state index in [-0.39, 0.29) is 0 Å². The molecule has 3 heteroatoms. The van der Waals surface area contributed by atoms with Gasteiger partial charge in [-0.2, -0.15) is 0 Å². The van der Waals surface area contributed by atoms with Crippen LogP contribution in [0.2, 0.25) is 0 Å². The lowest BCUT2D eigenvalue weighted by Gasteiger charge is -2.11. The highest BCUT2D eigenvalue weighted by atomic mass is 32.1. The average Bonchev–Trinajstić information content (AvgIpc) is 3.65. The zero-order chi connectivity index (χ0) is 25.5. The molecule has 0 fully saturated rings. The molecule has 0 aliphatic heterocycles. The first-order valence-electron chi connectivity index (χ1n) is 13.6. The van der Waals surface area contributed by atoms with E-state index in [1.807, 2.05) is 11.3 Å². The van der Waals surface area contributed by atoms with Gasteiger partial charge in [0.15, 0.2) is 0 Å². The van der Waals surface area contributed by atoms with Gasteiger partial charge >= 0.3 is 0 Å². The van der Waals surface area contributed by atoms with Gasteiger partial charge in [0.25, 0.3) is 0 Å². The van der Waals surface area contributed by atoms with Crippen molar-refractivity contribution in [2.45, 2.75) is 12.8 Å². The van der Waals surface area contributed by atoms with Gasteiger partial charge in [0, 0.05) is 53.1 Å². The van der Waals surface area contributed by atoms with Crippen molar-refractivity contribution in [3.8, 4) is 5.69 Å². The van der Waals surface area contributed by atoms with Gasteiger partial charge in [-0.3, -0.25) is 0 Å². The smallest absolute Gasteiger partial charge is 0.0555 e. The van der Waals surface area contributed by atoms with Crippen molar-refractivity contribution in [1.29, 1.82) is 0 Å². The number of para-hydroxylation sites is 3. The molecule has 0 saturated heterocycles. The molecule has 5 aromatic carbocycles. The molecule has 0 spiro atoms. The van der Waals surface area contributed by atoms with E-state index in [0.29, 0.717) is 0 Å². The number of aromatic nitrogens is 2. The van der Waals surface area contributed by atoms with Gasteiger partial charge in [-0.1, -0.05) is 78.9 Å². The summed E-state index contributed by atoms with van der Waals surface area (Å²) < 4.78 is 7.62. The number of fused-ring (bicyclic) bond motifs is 11. The third kappa shape index (κ3) is 2.85. The lowest BCUT2D eigenvalue weighted by atomic mass is 10.1. The molecule has 9 rings (SSSR count). The van der Waals surface area contributed by atoms with E-state index in [0.717, 1.165) is 12.8 Å². The quantitative estimate of drug-likeness (QED) is 0.216. The van der Waals surface area contributed by atoms with Crippen LogP contribution >= 0.6 is 11.3 Å². The Morgan fingerprint density at radius 3 is 1.72 bits per heavy atom. The first-order chi connectivity index (χ1) is 19.4. The molecule has 0 unspecified atom stereocenters. The molecule has 8 aromatic rings. The predicted molar refractivity (Wildman–Crippen MR) is 169 cm³/mol. The maximum Gasteiger partial charge on any atom is 0.0555 e. The standard InChI is InChI=1S/C36H24N2S/c1-3-11-23(12-4-1)37-29-17-9-7-15-27(29)33-31(37)21-19-25-26-20-22-32-34(36(26)39-35(25)33)28-16-8-10-18-30(28)38(32)24-13-5-2-6-14-24/h1,3-5,7-22H,2,6H2. The van der Waals surface area contributed by atoms with Crippen LogP contribution in [0, 0.1) is 0 Å². The first kappa shape index (κ1) is 21.3. The molecule has 2 nitrogen and oxygen atoms in total. The molecule has 0 saturated carbocycles. The summed E-state index contributed by atoms with van der Waals surface area (Å²) in [5.41, 5.74) is 7.56. The Labute approximate surface area is 229 Å². The van der Waals surface area contributed by atoms with E-state index in [4.69, 9.17) is 0 Å². The monoisotopic (exact) mass is 516 g/mol. The van der Waals surface area contributed by atoms with Crippen LogP contribution in [0.1, 0.15) is 12.8 Å². The number of benzene rings is 5. The van der Waals surface area contributed by atoms with Crippen molar-refractivity contribution in [2.75, 3.05) is 0 Å². The van der Waals surface area contributed by atoms with E-state index in [9.17, 15) is 0 Å². The molecule has 184 valence electrons. The lowest BCUT2D eigenvalue weighted by molar-refractivity contribution is 1.02. The largest absolute Gasteiger partial charge is 0.310 e. The van der Waals surface area contributed by atoms with Crippen LogP contribution in [0.5, 0.6) is 0 Å². The number of hydrogen-bond donors (Lipinski definition) is 0. The van der Waals surface area contributed by atoms with E-state index < -0.39 is 0 Å². The summed E-state index contributed by atoms with van der Waals surface area (Å²) in [5, 5.41) is 8.04. The minimum Gasteiger partial charge on any atom is -0.310 e. The zero-order valence-corrected chi connectivity index (χ0v) is 22.1. The van der Waals surface area contributed by atoms with E-state index in [2.05, 4.69) is 130 Å². The van der Waals surface area contributed by atoms with Crippen LogP contribution in [-0.4, -0.2) is 9.13 Å². The Balaban J connectivity index is 1.45. The van der Waals surface area contributed by atoms with Crippen molar-refractivity contribution in [2.24, 2.45) is 0 Å². The number of rotatable bonds is 2. The molecule has 0 amide bonds. The maximum absolute atomic E-state index is 2.46.